The Hall–Kier alpha value is -3.02. The molecule has 110 valence electrons. The largest absolute Gasteiger partial charge is 0.366 e. The second-order valence-electron chi connectivity index (χ2n) is 5.02. The van der Waals surface area contributed by atoms with Gasteiger partial charge in [-0.05, 0) is 35.4 Å². The van der Waals surface area contributed by atoms with Crippen molar-refractivity contribution in [3.8, 4) is 11.4 Å². The van der Waals surface area contributed by atoms with E-state index in [2.05, 4.69) is 15.4 Å². The van der Waals surface area contributed by atoms with Gasteiger partial charge in [0.2, 0.25) is 11.7 Å². The van der Waals surface area contributed by atoms with Gasteiger partial charge in [0.1, 0.15) is 0 Å². The van der Waals surface area contributed by atoms with Crippen LogP contribution in [0.4, 0.5) is 0 Å². The number of carbonyl (C=O) groups excluding carboxylic acids is 1. The van der Waals surface area contributed by atoms with Crippen molar-refractivity contribution >= 4 is 5.91 Å². The van der Waals surface area contributed by atoms with Crippen molar-refractivity contribution in [3.05, 3.63) is 65.2 Å². The molecule has 0 radical (unpaired) electrons. The van der Waals surface area contributed by atoms with Gasteiger partial charge in [-0.15, -0.1) is 10.2 Å². The third-order valence-corrected chi connectivity index (χ3v) is 3.40. The van der Waals surface area contributed by atoms with E-state index >= 15 is 0 Å². The summed E-state index contributed by atoms with van der Waals surface area (Å²) in [4.78, 5) is 12.6. The Balaban J connectivity index is 1.80. The van der Waals surface area contributed by atoms with Crippen LogP contribution in [0.25, 0.3) is 11.4 Å². The van der Waals surface area contributed by atoms with Crippen LogP contribution in [0.15, 0.2) is 48.5 Å². The van der Waals surface area contributed by atoms with Crippen LogP contribution < -0.4 is 5.73 Å². The molecule has 0 saturated carbocycles. The van der Waals surface area contributed by atoms with Crippen molar-refractivity contribution in [2.24, 2.45) is 5.73 Å². The molecule has 0 saturated heterocycles. The lowest BCUT2D eigenvalue weighted by molar-refractivity contribution is 0.100. The highest BCUT2D eigenvalue weighted by molar-refractivity contribution is 5.92. The zero-order chi connectivity index (χ0) is 15.5. The number of benzene rings is 2. The lowest BCUT2D eigenvalue weighted by atomic mass is 10.1. The number of aryl methyl sites for hydroxylation is 1. The average Bonchev–Trinajstić information content (AvgIpc) is 2.96. The van der Waals surface area contributed by atoms with Crippen LogP contribution in [-0.2, 0) is 6.54 Å². The van der Waals surface area contributed by atoms with Crippen molar-refractivity contribution in [2.75, 3.05) is 0 Å². The fraction of sp³-hybridized carbons (Fsp3) is 0.125. The van der Waals surface area contributed by atoms with Crippen molar-refractivity contribution in [1.82, 2.24) is 20.2 Å². The zero-order valence-electron chi connectivity index (χ0n) is 12.1. The molecule has 22 heavy (non-hydrogen) atoms. The van der Waals surface area contributed by atoms with Crippen molar-refractivity contribution < 1.29 is 4.79 Å². The van der Waals surface area contributed by atoms with E-state index in [0.29, 0.717) is 17.9 Å². The lowest BCUT2D eigenvalue weighted by Crippen LogP contribution is -2.11. The van der Waals surface area contributed by atoms with E-state index in [1.807, 2.05) is 43.3 Å². The number of aromatic nitrogens is 4. The highest BCUT2D eigenvalue weighted by atomic mass is 16.1. The summed E-state index contributed by atoms with van der Waals surface area (Å²) in [6.45, 7) is 2.50. The summed E-state index contributed by atoms with van der Waals surface area (Å²) in [7, 11) is 0. The second kappa shape index (κ2) is 5.77. The first-order chi connectivity index (χ1) is 10.6. The van der Waals surface area contributed by atoms with E-state index in [9.17, 15) is 4.79 Å². The Bertz CT molecular complexity index is 807. The fourth-order valence-electron chi connectivity index (χ4n) is 2.18. The van der Waals surface area contributed by atoms with Crippen LogP contribution in [0.1, 0.15) is 21.5 Å². The normalized spacial score (nSPS) is 10.6. The Kier molecular flexibility index (Phi) is 3.65. The van der Waals surface area contributed by atoms with Gasteiger partial charge in [-0.1, -0.05) is 36.4 Å². The van der Waals surface area contributed by atoms with Gasteiger partial charge in [-0.25, -0.2) is 0 Å². The van der Waals surface area contributed by atoms with E-state index in [-0.39, 0.29) is 0 Å². The molecule has 2 aromatic carbocycles. The predicted molar refractivity (Wildman–Crippen MR) is 82.1 cm³/mol. The van der Waals surface area contributed by atoms with Crippen LogP contribution in [0.2, 0.25) is 0 Å². The second-order valence-corrected chi connectivity index (χ2v) is 5.02. The first-order valence-corrected chi connectivity index (χ1v) is 6.86. The summed E-state index contributed by atoms with van der Waals surface area (Å²) in [5.41, 5.74) is 8.75. The third kappa shape index (κ3) is 2.85. The molecule has 1 heterocycles. The number of carbonyl (C=O) groups is 1. The molecule has 1 aromatic heterocycles. The molecular weight excluding hydrogens is 278 g/mol. The number of tetrazole rings is 1. The summed E-state index contributed by atoms with van der Waals surface area (Å²) in [5.74, 6) is 0.166. The molecule has 0 spiro atoms. The Morgan fingerprint density at radius 2 is 1.86 bits per heavy atom. The molecule has 0 unspecified atom stereocenters. The molecule has 6 heteroatoms. The van der Waals surface area contributed by atoms with Crippen molar-refractivity contribution in [1.29, 1.82) is 0 Å². The highest BCUT2D eigenvalue weighted by Gasteiger charge is 2.08. The van der Waals surface area contributed by atoms with Gasteiger partial charge in [0.25, 0.3) is 0 Å². The molecule has 2 N–H and O–H groups in total. The number of amides is 1. The third-order valence-electron chi connectivity index (χ3n) is 3.40. The molecular formula is C16H15N5O. The number of primary amides is 1. The summed E-state index contributed by atoms with van der Waals surface area (Å²) in [6.07, 6.45) is 0. The highest BCUT2D eigenvalue weighted by Crippen LogP contribution is 2.18. The number of rotatable bonds is 4. The summed E-state index contributed by atoms with van der Waals surface area (Å²) in [6, 6.07) is 15.0. The van der Waals surface area contributed by atoms with Gasteiger partial charge in [0.05, 0.1) is 6.54 Å². The maximum Gasteiger partial charge on any atom is 0.248 e. The van der Waals surface area contributed by atoms with Gasteiger partial charge in [0.15, 0.2) is 0 Å². The molecule has 0 aliphatic rings. The van der Waals surface area contributed by atoms with Crippen LogP contribution in [0, 0.1) is 6.92 Å². The van der Waals surface area contributed by atoms with E-state index in [0.717, 1.165) is 16.7 Å². The number of hydrogen-bond acceptors (Lipinski definition) is 4. The minimum Gasteiger partial charge on any atom is -0.366 e. The molecule has 0 aliphatic carbocycles. The van der Waals surface area contributed by atoms with Gasteiger partial charge in [0, 0.05) is 11.1 Å². The van der Waals surface area contributed by atoms with E-state index < -0.39 is 5.91 Å². The van der Waals surface area contributed by atoms with Gasteiger partial charge < -0.3 is 5.73 Å². The molecule has 0 bridgehead atoms. The Labute approximate surface area is 127 Å². The monoisotopic (exact) mass is 293 g/mol. The van der Waals surface area contributed by atoms with Gasteiger partial charge in [-0.3, -0.25) is 4.79 Å². The zero-order valence-corrected chi connectivity index (χ0v) is 12.1. The number of hydrogen-bond donors (Lipinski definition) is 1. The first kappa shape index (κ1) is 13.9. The Morgan fingerprint density at radius 1 is 1.14 bits per heavy atom. The average molecular weight is 293 g/mol. The smallest absolute Gasteiger partial charge is 0.248 e. The SMILES string of the molecule is Cc1ccccc1-c1nnn(Cc2ccc(C(N)=O)cc2)n1. The predicted octanol–water partition coefficient (Wildman–Crippen LogP) is 1.80. The molecule has 6 nitrogen and oxygen atoms in total. The molecule has 3 rings (SSSR count). The van der Waals surface area contributed by atoms with Crippen LogP contribution in [-0.4, -0.2) is 26.1 Å². The lowest BCUT2D eigenvalue weighted by Gasteiger charge is -2.01. The Morgan fingerprint density at radius 3 is 2.55 bits per heavy atom. The topological polar surface area (TPSA) is 86.7 Å². The van der Waals surface area contributed by atoms with Crippen molar-refractivity contribution in [3.63, 3.8) is 0 Å². The minimum atomic E-state index is -0.438. The van der Waals surface area contributed by atoms with Crippen LogP contribution >= 0.6 is 0 Å². The summed E-state index contributed by atoms with van der Waals surface area (Å²) < 4.78 is 0. The molecule has 0 fully saturated rings. The standard InChI is InChI=1S/C16H15N5O/c1-11-4-2-3-5-14(11)16-18-20-21(19-16)10-12-6-8-13(9-7-12)15(17)22/h2-9H,10H2,1H3,(H2,17,22). The molecule has 1 amide bonds. The maximum absolute atomic E-state index is 11.0. The number of nitrogens with zero attached hydrogens (tertiary/aromatic N) is 4. The van der Waals surface area contributed by atoms with Crippen LogP contribution in [0.5, 0.6) is 0 Å². The van der Waals surface area contributed by atoms with E-state index in [1.165, 1.54) is 4.80 Å². The molecule has 0 atom stereocenters. The van der Waals surface area contributed by atoms with Gasteiger partial charge >= 0.3 is 0 Å². The molecule has 0 aliphatic heterocycles. The van der Waals surface area contributed by atoms with Crippen LogP contribution in [0.3, 0.4) is 0 Å². The fourth-order valence-corrected chi connectivity index (χ4v) is 2.18. The summed E-state index contributed by atoms with van der Waals surface area (Å²) in [5, 5.41) is 12.6. The van der Waals surface area contributed by atoms with E-state index in [4.69, 9.17) is 5.73 Å². The number of nitrogens with two attached hydrogens (primary N) is 1. The van der Waals surface area contributed by atoms with E-state index in [1.54, 1.807) is 12.1 Å². The quantitative estimate of drug-likeness (QED) is 0.794. The first-order valence-electron chi connectivity index (χ1n) is 6.86. The maximum atomic E-state index is 11.0. The summed E-state index contributed by atoms with van der Waals surface area (Å²) >= 11 is 0. The van der Waals surface area contributed by atoms with Crippen molar-refractivity contribution in [2.45, 2.75) is 13.5 Å². The minimum absolute atomic E-state index is 0.438. The van der Waals surface area contributed by atoms with Gasteiger partial charge in [-0.2, -0.15) is 4.80 Å². The molecule has 3 aromatic rings.